The van der Waals surface area contributed by atoms with Gasteiger partial charge in [-0.25, -0.2) is 0 Å². The van der Waals surface area contributed by atoms with E-state index in [2.05, 4.69) is 26.0 Å². The van der Waals surface area contributed by atoms with Crippen molar-refractivity contribution in [2.75, 3.05) is 0 Å². The van der Waals surface area contributed by atoms with E-state index in [1.165, 1.54) is 5.56 Å². The Morgan fingerprint density at radius 2 is 1.62 bits per heavy atom. The summed E-state index contributed by atoms with van der Waals surface area (Å²) in [5.74, 6) is 1.33. The van der Waals surface area contributed by atoms with Crippen molar-refractivity contribution in [3.63, 3.8) is 0 Å². The number of hydrogen-bond acceptors (Lipinski definition) is 2. The first kappa shape index (κ1) is 15.9. The largest absolute Gasteiger partial charge is 0.484 e. The molecule has 112 valence electrons. The molecule has 0 aliphatic carbocycles. The van der Waals surface area contributed by atoms with Crippen molar-refractivity contribution < 1.29 is 4.74 Å². The van der Waals surface area contributed by atoms with Crippen LogP contribution in [0.4, 0.5) is 0 Å². The van der Waals surface area contributed by atoms with Gasteiger partial charge in [0.25, 0.3) is 0 Å². The molecule has 2 rings (SSSR count). The third kappa shape index (κ3) is 4.23. The van der Waals surface area contributed by atoms with E-state index in [1.807, 2.05) is 43.3 Å². The maximum atomic E-state index is 6.08. The van der Waals surface area contributed by atoms with Gasteiger partial charge in [0.05, 0.1) is 0 Å². The number of nitrogens with two attached hydrogens (primary N) is 1. The number of ether oxygens (including phenoxy) is 1. The van der Waals surface area contributed by atoms with Crippen molar-refractivity contribution in [3.8, 4) is 5.75 Å². The smallest absolute Gasteiger partial charge is 0.138 e. The van der Waals surface area contributed by atoms with Crippen molar-refractivity contribution in [3.05, 3.63) is 64.7 Å². The van der Waals surface area contributed by atoms with E-state index in [-0.39, 0.29) is 12.1 Å². The number of rotatable bonds is 5. The van der Waals surface area contributed by atoms with Crippen molar-refractivity contribution in [1.29, 1.82) is 0 Å². The van der Waals surface area contributed by atoms with Gasteiger partial charge in [0, 0.05) is 11.1 Å². The summed E-state index contributed by atoms with van der Waals surface area (Å²) in [4.78, 5) is 0. The minimum atomic E-state index is -0.214. The van der Waals surface area contributed by atoms with Crippen LogP contribution in [0.2, 0.25) is 5.02 Å². The fraction of sp³-hybridized carbons (Fsp3) is 0.333. The Hall–Kier alpha value is -1.51. The molecule has 0 saturated heterocycles. The van der Waals surface area contributed by atoms with Gasteiger partial charge in [0.2, 0.25) is 0 Å². The van der Waals surface area contributed by atoms with Crippen LogP contribution >= 0.6 is 11.6 Å². The minimum absolute atomic E-state index is 0.131. The SMILES string of the molecule is CC(C)c1ccc(OC(c2cccc(Cl)c2)C(C)N)cc1. The fourth-order valence-corrected chi connectivity index (χ4v) is 2.44. The highest BCUT2D eigenvalue weighted by Gasteiger charge is 2.18. The summed E-state index contributed by atoms with van der Waals surface area (Å²) in [5.41, 5.74) is 8.36. The summed E-state index contributed by atoms with van der Waals surface area (Å²) in [6, 6.07) is 15.7. The zero-order valence-corrected chi connectivity index (χ0v) is 13.5. The minimum Gasteiger partial charge on any atom is -0.484 e. The number of hydrogen-bond donors (Lipinski definition) is 1. The molecule has 0 spiro atoms. The van der Waals surface area contributed by atoms with Crippen molar-refractivity contribution >= 4 is 11.6 Å². The molecule has 0 aliphatic heterocycles. The standard InChI is InChI=1S/C18H22ClNO/c1-12(2)14-7-9-17(10-8-14)21-18(13(3)20)15-5-4-6-16(19)11-15/h4-13,18H,20H2,1-3H3. The molecule has 0 aliphatic rings. The Kier molecular flexibility index (Phi) is 5.27. The quantitative estimate of drug-likeness (QED) is 0.850. The van der Waals surface area contributed by atoms with E-state index < -0.39 is 0 Å². The molecule has 0 radical (unpaired) electrons. The van der Waals surface area contributed by atoms with E-state index >= 15 is 0 Å². The molecule has 2 atom stereocenters. The van der Waals surface area contributed by atoms with Crippen LogP contribution in [-0.2, 0) is 0 Å². The lowest BCUT2D eigenvalue weighted by molar-refractivity contribution is 0.180. The van der Waals surface area contributed by atoms with Crippen molar-refractivity contribution in [2.24, 2.45) is 5.73 Å². The van der Waals surface area contributed by atoms with E-state index in [0.29, 0.717) is 10.9 Å². The first-order valence-corrected chi connectivity index (χ1v) is 7.63. The highest BCUT2D eigenvalue weighted by Crippen LogP contribution is 2.27. The van der Waals surface area contributed by atoms with Crippen molar-refractivity contribution in [1.82, 2.24) is 0 Å². The van der Waals surface area contributed by atoms with Gasteiger partial charge in [0.15, 0.2) is 0 Å². The van der Waals surface area contributed by atoms with Gasteiger partial charge in [-0.3, -0.25) is 0 Å². The van der Waals surface area contributed by atoms with Crippen LogP contribution in [0.5, 0.6) is 5.75 Å². The lowest BCUT2D eigenvalue weighted by atomic mass is 10.0. The molecular formula is C18H22ClNO. The Labute approximate surface area is 131 Å². The molecule has 0 saturated carbocycles. The van der Waals surface area contributed by atoms with Gasteiger partial charge in [0.1, 0.15) is 11.9 Å². The molecule has 0 aromatic heterocycles. The molecule has 0 bridgehead atoms. The van der Waals surface area contributed by atoms with Gasteiger partial charge in [-0.1, -0.05) is 49.7 Å². The molecule has 2 nitrogen and oxygen atoms in total. The Morgan fingerprint density at radius 1 is 0.952 bits per heavy atom. The van der Waals surface area contributed by atoms with Gasteiger partial charge >= 0.3 is 0 Å². The van der Waals surface area contributed by atoms with Crippen molar-refractivity contribution in [2.45, 2.75) is 38.8 Å². The normalized spacial score (nSPS) is 14.0. The first-order chi connectivity index (χ1) is 9.97. The van der Waals surface area contributed by atoms with Gasteiger partial charge in [-0.05, 0) is 48.2 Å². The fourth-order valence-electron chi connectivity index (χ4n) is 2.24. The summed E-state index contributed by atoms with van der Waals surface area (Å²) in [6.45, 7) is 6.28. The predicted molar refractivity (Wildman–Crippen MR) is 89.0 cm³/mol. The predicted octanol–water partition coefficient (Wildman–Crippen LogP) is 4.93. The van der Waals surface area contributed by atoms with E-state index in [1.54, 1.807) is 0 Å². The molecule has 2 aromatic rings. The molecule has 0 heterocycles. The van der Waals surface area contributed by atoms with Crippen LogP contribution in [-0.4, -0.2) is 6.04 Å². The highest BCUT2D eigenvalue weighted by molar-refractivity contribution is 6.30. The van der Waals surface area contributed by atoms with Crippen LogP contribution in [0.25, 0.3) is 0 Å². The maximum Gasteiger partial charge on any atom is 0.138 e. The third-order valence-corrected chi connectivity index (χ3v) is 3.70. The van der Waals surface area contributed by atoms with Crippen LogP contribution in [0.1, 0.15) is 43.9 Å². The lowest BCUT2D eigenvalue weighted by Crippen LogP contribution is -2.29. The molecule has 21 heavy (non-hydrogen) atoms. The molecule has 2 unspecified atom stereocenters. The van der Waals surface area contributed by atoms with Crippen LogP contribution < -0.4 is 10.5 Å². The zero-order chi connectivity index (χ0) is 15.4. The topological polar surface area (TPSA) is 35.2 Å². The number of halogens is 1. The first-order valence-electron chi connectivity index (χ1n) is 7.25. The summed E-state index contributed by atoms with van der Waals surface area (Å²) in [6.07, 6.45) is -0.214. The van der Waals surface area contributed by atoms with Gasteiger partial charge in [-0.15, -0.1) is 0 Å². The molecule has 3 heteroatoms. The van der Waals surface area contributed by atoms with E-state index in [9.17, 15) is 0 Å². The summed E-state index contributed by atoms with van der Waals surface area (Å²) in [7, 11) is 0. The van der Waals surface area contributed by atoms with E-state index in [4.69, 9.17) is 22.1 Å². The molecule has 2 aromatic carbocycles. The Morgan fingerprint density at radius 3 is 2.14 bits per heavy atom. The monoisotopic (exact) mass is 303 g/mol. The molecular weight excluding hydrogens is 282 g/mol. The van der Waals surface area contributed by atoms with Gasteiger partial charge in [-0.2, -0.15) is 0 Å². The summed E-state index contributed by atoms with van der Waals surface area (Å²) in [5, 5.41) is 0.692. The lowest BCUT2D eigenvalue weighted by Gasteiger charge is -2.23. The zero-order valence-electron chi connectivity index (χ0n) is 12.7. The Bertz CT molecular complexity index is 578. The second kappa shape index (κ2) is 6.97. The highest BCUT2D eigenvalue weighted by atomic mass is 35.5. The average Bonchev–Trinajstić information content (AvgIpc) is 2.45. The summed E-state index contributed by atoms with van der Waals surface area (Å²) >= 11 is 6.06. The average molecular weight is 304 g/mol. The molecule has 0 amide bonds. The van der Waals surface area contributed by atoms with E-state index in [0.717, 1.165) is 11.3 Å². The van der Waals surface area contributed by atoms with Crippen LogP contribution in [0, 0.1) is 0 Å². The maximum absolute atomic E-state index is 6.08. The van der Waals surface area contributed by atoms with Gasteiger partial charge < -0.3 is 10.5 Å². The number of benzene rings is 2. The second-order valence-corrected chi connectivity index (χ2v) is 6.11. The van der Waals surface area contributed by atoms with Crippen LogP contribution in [0.3, 0.4) is 0 Å². The molecule has 2 N–H and O–H groups in total. The summed E-state index contributed by atoms with van der Waals surface area (Å²) < 4.78 is 6.07. The second-order valence-electron chi connectivity index (χ2n) is 5.68. The Balaban J connectivity index is 2.20. The van der Waals surface area contributed by atoms with Crippen LogP contribution in [0.15, 0.2) is 48.5 Å². The molecule has 0 fully saturated rings. The third-order valence-electron chi connectivity index (χ3n) is 3.46.